The third-order valence-electron chi connectivity index (χ3n) is 4.25. The highest BCUT2D eigenvalue weighted by Crippen LogP contribution is 2.23. The molecule has 9 heteroatoms. The maximum atomic E-state index is 12.2. The lowest BCUT2D eigenvalue weighted by Gasteiger charge is -2.17. The lowest BCUT2D eigenvalue weighted by atomic mass is 10.1. The Morgan fingerprint density at radius 2 is 1.93 bits per heavy atom. The molecular formula is C19H25N3O6. The van der Waals surface area contributed by atoms with Gasteiger partial charge in [-0.05, 0) is 39.3 Å². The summed E-state index contributed by atoms with van der Waals surface area (Å²) >= 11 is 0. The summed E-state index contributed by atoms with van der Waals surface area (Å²) in [6.45, 7) is 4.79. The summed E-state index contributed by atoms with van der Waals surface area (Å²) in [4.78, 5) is 49.1. The van der Waals surface area contributed by atoms with Crippen molar-refractivity contribution in [3.8, 4) is 5.75 Å². The summed E-state index contributed by atoms with van der Waals surface area (Å²) in [5, 5.41) is 5.21. The molecule has 1 heterocycles. The van der Waals surface area contributed by atoms with Gasteiger partial charge in [0.2, 0.25) is 0 Å². The lowest BCUT2D eigenvalue weighted by molar-refractivity contribution is -0.153. The first kappa shape index (κ1) is 21.2. The van der Waals surface area contributed by atoms with Crippen molar-refractivity contribution in [1.29, 1.82) is 0 Å². The molecule has 28 heavy (non-hydrogen) atoms. The average Bonchev–Trinajstić information content (AvgIpc) is 2.83. The Labute approximate surface area is 163 Å². The number of amides is 4. The molecule has 1 aliphatic rings. The van der Waals surface area contributed by atoms with E-state index in [0.717, 1.165) is 4.90 Å². The molecule has 152 valence electrons. The smallest absolute Gasteiger partial charge is 0.325 e. The second-order valence-electron chi connectivity index (χ2n) is 6.94. The first-order valence-electron chi connectivity index (χ1n) is 8.93. The molecule has 1 aliphatic heterocycles. The first-order valence-corrected chi connectivity index (χ1v) is 8.93. The van der Waals surface area contributed by atoms with Crippen molar-refractivity contribution in [1.82, 2.24) is 10.2 Å². The van der Waals surface area contributed by atoms with Crippen LogP contribution in [0, 0.1) is 0 Å². The van der Waals surface area contributed by atoms with Crippen LogP contribution in [0.4, 0.5) is 10.5 Å². The van der Waals surface area contributed by atoms with Crippen molar-refractivity contribution in [2.75, 3.05) is 19.0 Å². The zero-order valence-electron chi connectivity index (χ0n) is 16.4. The topological polar surface area (TPSA) is 114 Å². The third-order valence-corrected chi connectivity index (χ3v) is 4.25. The summed E-state index contributed by atoms with van der Waals surface area (Å²) in [5.41, 5.74) is -0.470. The van der Waals surface area contributed by atoms with E-state index in [2.05, 4.69) is 10.6 Å². The van der Waals surface area contributed by atoms with Gasteiger partial charge in [-0.15, -0.1) is 0 Å². The lowest BCUT2D eigenvalue weighted by Crippen LogP contribution is -2.40. The second kappa shape index (κ2) is 8.73. The molecule has 0 bridgehead atoms. The minimum absolute atomic E-state index is 0.0240. The van der Waals surface area contributed by atoms with Crippen LogP contribution >= 0.6 is 0 Å². The molecule has 0 radical (unpaired) electrons. The number of hydrogen-bond acceptors (Lipinski definition) is 6. The Morgan fingerprint density at radius 3 is 2.54 bits per heavy atom. The fourth-order valence-electron chi connectivity index (χ4n) is 2.69. The van der Waals surface area contributed by atoms with Gasteiger partial charge in [0.1, 0.15) is 11.3 Å². The number of anilines is 1. The van der Waals surface area contributed by atoms with Crippen LogP contribution in [-0.2, 0) is 19.1 Å². The Balaban J connectivity index is 1.78. The maximum absolute atomic E-state index is 12.2. The van der Waals surface area contributed by atoms with E-state index in [1.807, 2.05) is 0 Å². The van der Waals surface area contributed by atoms with Crippen LogP contribution in [-0.4, -0.2) is 54.0 Å². The molecule has 0 aromatic heterocycles. The monoisotopic (exact) mass is 391 g/mol. The summed E-state index contributed by atoms with van der Waals surface area (Å²) < 4.78 is 10.3. The number of carbonyl (C=O) groups excluding carboxylic acids is 4. The van der Waals surface area contributed by atoms with E-state index >= 15 is 0 Å². The molecule has 9 nitrogen and oxygen atoms in total. The molecule has 0 spiro atoms. The average molecular weight is 391 g/mol. The van der Waals surface area contributed by atoms with E-state index in [1.165, 1.54) is 14.0 Å². The Morgan fingerprint density at radius 1 is 1.25 bits per heavy atom. The normalized spacial score (nSPS) is 16.4. The largest absolute Gasteiger partial charge is 0.495 e. The number of urea groups is 1. The molecule has 4 amide bonds. The molecule has 0 aliphatic carbocycles. The van der Waals surface area contributed by atoms with Crippen LogP contribution in [0.25, 0.3) is 0 Å². The standard InChI is InChI=1S/C19H25N3O6/c1-12(16(24)20-13-8-5-6-9-14(13)27-4)28-15(23)10-7-11-22-17(25)19(2,3)21-18(22)26/h5-6,8-9,12H,7,10-11H2,1-4H3,(H,20,24)(H,21,26)/t12-/m0/s1. The predicted octanol–water partition coefficient (Wildman–Crippen LogP) is 1.68. The first-order chi connectivity index (χ1) is 13.2. The number of methoxy groups -OCH3 is 1. The van der Waals surface area contributed by atoms with Gasteiger partial charge in [0.05, 0.1) is 12.8 Å². The van der Waals surface area contributed by atoms with E-state index in [-0.39, 0.29) is 25.3 Å². The van der Waals surface area contributed by atoms with Gasteiger partial charge in [0, 0.05) is 13.0 Å². The van der Waals surface area contributed by atoms with Crippen LogP contribution in [0.5, 0.6) is 5.75 Å². The highest BCUT2D eigenvalue weighted by atomic mass is 16.5. The van der Waals surface area contributed by atoms with Gasteiger partial charge >= 0.3 is 12.0 Å². The summed E-state index contributed by atoms with van der Waals surface area (Å²) in [5.74, 6) is -0.927. The number of imide groups is 1. The number of nitrogens with one attached hydrogen (secondary N) is 2. The number of benzene rings is 1. The summed E-state index contributed by atoms with van der Waals surface area (Å²) in [6.07, 6.45) is -0.786. The van der Waals surface area contributed by atoms with Gasteiger partial charge in [0.25, 0.3) is 11.8 Å². The molecular weight excluding hydrogens is 366 g/mol. The molecule has 1 aromatic carbocycles. The van der Waals surface area contributed by atoms with Crippen molar-refractivity contribution in [3.05, 3.63) is 24.3 Å². The molecule has 1 fully saturated rings. The summed E-state index contributed by atoms with van der Waals surface area (Å²) in [7, 11) is 1.49. The third kappa shape index (κ3) is 4.99. The van der Waals surface area contributed by atoms with Crippen LogP contribution in [0.2, 0.25) is 0 Å². The number of nitrogens with zero attached hydrogens (tertiary/aromatic N) is 1. The van der Waals surface area contributed by atoms with E-state index in [4.69, 9.17) is 9.47 Å². The fourth-order valence-corrected chi connectivity index (χ4v) is 2.69. The zero-order chi connectivity index (χ0) is 20.9. The van der Waals surface area contributed by atoms with E-state index in [0.29, 0.717) is 11.4 Å². The van der Waals surface area contributed by atoms with Crippen molar-refractivity contribution < 1.29 is 28.7 Å². The SMILES string of the molecule is COc1ccccc1NC(=O)[C@H](C)OC(=O)CCCN1C(=O)NC(C)(C)C1=O. The van der Waals surface area contributed by atoms with Gasteiger partial charge in [0.15, 0.2) is 6.10 Å². The minimum atomic E-state index is -1.01. The number of ether oxygens (including phenoxy) is 2. The molecule has 1 saturated heterocycles. The molecule has 2 N–H and O–H groups in total. The fraction of sp³-hybridized carbons (Fsp3) is 0.474. The summed E-state index contributed by atoms with van der Waals surface area (Å²) in [6, 6.07) is 6.40. The Kier molecular flexibility index (Phi) is 6.61. The zero-order valence-corrected chi connectivity index (χ0v) is 16.4. The van der Waals surface area contributed by atoms with Crippen molar-refractivity contribution in [2.24, 2.45) is 0 Å². The predicted molar refractivity (Wildman–Crippen MR) is 101 cm³/mol. The number of rotatable bonds is 8. The van der Waals surface area contributed by atoms with E-state index in [9.17, 15) is 19.2 Å². The minimum Gasteiger partial charge on any atom is -0.495 e. The maximum Gasteiger partial charge on any atom is 0.325 e. The highest BCUT2D eigenvalue weighted by molar-refractivity contribution is 6.06. The Hall–Kier alpha value is -3.10. The van der Waals surface area contributed by atoms with Gasteiger partial charge in [-0.2, -0.15) is 0 Å². The number of esters is 1. The molecule has 1 aromatic rings. The quantitative estimate of drug-likeness (QED) is 0.515. The highest BCUT2D eigenvalue weighted by Gasteiger charge is 2.43. The number of hydrogen-bond donors (Lipinski definition) is 2. The van der Waals surface area contributed by atoms with Crippen molar-refractivity contribution >= 4 is 29.5 Å². The van der Waals surface area contributed by atoms with Crippen molar-refractivity contribution in [3.63, 3.8) is 0 Å². The Bertz CT molecular complexity index is 777. The van der Waals surface area contributed by atoms with Crippen LogP contribution in [0.15, 0.2) is 24.3 Å². The van der Waals surface area contributed by atoms with Gasteiger partial charge in [-0.3, -0.25) is 19.3 Å². The second-order valence-corrected chi connectivity index (χ2v) is 6.94. The van der Waals surface area contributed by atoms with Crippen LogP contribution in [0.3, 0.4) is 0 Å². The van der Waals surface area contributed by atoms with Gasteiger partial charge in [-0.1, -0.05) is 12.1 Å². The van der Waals surface area contributed by atoms with Crippen LogP contribution in [0.1, 0.15) is 33.6 Å². The van der Waals surface area contributed by atoms with Crippen molar-refractivity contribution in [2.45, 2.75) is 45.3 Å². The number of carbonyl (C=O) groups is 4. The number of para-hydroxylation sites is 2. The van der Waals surface area contributed by atoms with Crippen LogP contribution < -0.4 is 15.4 Å². The molecule has 0 unspecified atom stereocenters. The molecule has 1 atom stereocenters. The van der Waals surface area contributed by atoms with E-state index < -0.39 is 29.6 Å². The van der Waals surface area contributed by atoms with Gasteiger partial charge in [-0.25, -0.2) is 4.79 Å². The molecule has 0 saturated carbocycles. The van der Waals surface area contributed by atoms with Gasteiger partial charge < -0.3 is 20.1 Å². The molecule has 2 rings (SSSR count). The van der Waals surface area contributed by atoms with E-state index in [1.54, 1.807) is 38.1 Å².